The normalized spacial score (nSPS) is 10.6. The van der Waals surface area contributed by atoms with E-state index in [1.54, 1.807) is 32.0 Å². The predicted octanol–water partition coefficient (Wildman–Crippen LogP) is 5.52. The fraction of sp³-hybridized carbons (Fsp3) is 0.158. The van der Waals surface area contributed by atoms with E-state index in [4.69, 9.17) is 32.5 Å². The number of nitrogens with one attached hydrogen (secondary N) is 1. The highest BCUT2D eigenvalue weighted by Crippen LogP contribution is 2.37. The Morgan fingerprint density at radius 1 is 1.28 bits per heavy atom. The van der Waals surface area contributed by atoms with Crippen LogP contribution in [-0.4, -0.2) is 22.6 Å². The summed E-state index contributed by atoms with van der Waals surface area (Å²) in [6.45, 7) is 3.66. The second-order valence-corrected chi connectivity index (χ2v) is 6.70. The molecule has 1 aromatic heterocycles. The summed E-state index contributed by atoms with van der Waals surface area (Å²) in [6, 6.07) is 9.03. The number of rotatable bonds is 6. The van der Waals surface area contributed by atoms with Gasteiger partial charge in [-0.05, 0) is 38.1 Å². The Labute approximate surface area is 175 Å². The van der Waals surface area contributed by atoms with Gasteiger partial charge in [-0.3, -0.25) is 14.9 Å². The number of aromatic nitrogens is 1. The maximum atomic E-state index is 12.9. The van der Waals surface area contributed by atoms with Gasteiger partial charge in [0.25, 0.3) is 11.6 Å². The van der Waals surface area contributed by atoms with E-state index in [9.17, 15) is 14.9 Å². The minimum Gasteiger partial charge on any atom is -0.494 e. The van der Waals surface area contributed by atoms with Gasteiger partial charge in [0.1, 0.15) is 28.5 Å². The third-order valence-electron chi connectivity index (χ3n) is 4.01. The first-order valence-corrected chi connectivity index (χ1v) is 9.22. The molecule has 10 heteroatoms. The minimum atomic E-state index is -0.651. The van der Waals surface area contributed by atoms with Crippen molar-refractivity contribution in [2.45, 2.75) is 13.8 Å². The summed E-state index contributed by atoms with van der Waals surface area (Å²) in [4.78, 5) is 23.8. The highest BCUT2D eigenvalue weighted by molar-refractivity contribution is 6.39. The van der Waals surface area contributed by atoms with Gasteiger partial charge >= 0.3 is 0 Å². The molecule has 0 aliphatic heterocycles. The number of ether oxygens (including phenoxy) is 1. The molecule has 0 saturated heterocycles. The molecule has 0 atom stereocenters. The molecular formula is C19H15Cl2N3O5. The quantitative estimate of drug-likeness (QED) is 0.403. The van der Waals surface area contributed by atoms with Crippen molar-refractivity contribution in [2.75, 3.05) is 11.9 Å². The van der Waals surface area contributed by atoms with Crippen molar-refractivity contribution in [3.63, 3.8) is 0 Å². The zero-order chi connectivity index (χ0) is 21.1. The van der Waals surface area contributed by atoms with Crippen molar-refractivity contribution < 1.29 is 19.0 Å². The first-order chi connectivity index (χ1) is 13.8. The van der Waals surface area contributed by atoms with Crippen molar-refractivity contribution in [1.82, 2.24) is 5.16 Å². The van der Waals surface area contributed by atoms with Crippen LogP contribution in [0.1, 0.15) is 23.0 Å². The van der Waals surface area contributed by atoms with Crippen LogP contribution >= 0.6 is 23.2 Å². The predicted molar refractivity (Wildman–Crippen MR) is 109 cm³/mol. The lowest BCUT2D eigenvalue weighted by Gasteiger charge is -2.09. The number of nitro benzene ring substituents is 1. The average Bonchev–Trinajstić information content (AvgIpc) is 3.04. The first kappa shape index (κ1) is 20.6. The van der Waals surface area contributed by atoms with Gasteiger partial charge < -0.3 is 14.6 Å². The lowest BCUT2D eigenvalue weighted by atomic mass is 10.1. The van der Waals surface area contributed by atoms with Gasteiger partial charge in [-0.15, -0.1) is 0 Å². The molecule has 1 amide bonds. The van der Waals surface area contributed by atoms with Gasteiger partial charge in [-0.1, -0.05) is 34.4 Å². The standard InChI is InChI=1S/C19H15Cl2N3O5/c1-3-28-11-7-8-14(15(9-11)24(26)27)22-19(25)16-10(2)29-23-18(16)17-12(20)5-4-6-13(17)21/h4-9H,3H2,1-2H3,(H,22,25). The lowest BCUT2D eigenvalue weighted by Crippen LogP contribution is -2.15. The SMILES string of the molecule is CCOc1ccc(NC(=O)c2c(-c3c(Cl)cccc3Cl)noc2C)c([N+](=O)[O-])c1. The van der Waals surface area contributed by atoms with Crippen molar-refractivity contribution >= 4 is 40.5 Å². The number of amides is 1. The van der Waals surface area contributed by atoms with Crippen LogP contribution in [0, 0.1) is 17.0 Å². The van der Waals surface area contributed by atoms with Gasteiger partial charge in [-0.25, -0.2) is 0 Å². The van der Waals surface area contributed by atoms with Crippen molar-refractivity contribution in [2.24, 2.45) is 0 Å². The number of nitro groups is 1. The first-order valence-electron chi connectivity index (χ1n) is 8.46. The van der Waals surface area contributed by atoms with Crippen LogP contribution in [0.15, 0.2) is 40.9 Å². The number of aryl methyl sites for hydroxylation is 1. The van der Waals surface area contributed by atoms with Crippen LogP contribution in [0.3, 0.4) is 0 Å². The summed E-state index contributed by atoms with van der Waals surface area (Å²) in [5.41, 5.74) is 0.238. The van der Waals surface area contributed by atoms with E-state index in [0.29, 0.717) is 17.9 Å². The summed E-state index contributed by atoms with van der Waals surface area (Å²) in [7, 11) is 0. The molecule has 29 heavy (non-hydrogen) atoms. The summed E-state index contributed by atoms with van der Waals surface area (Å²) in [5.74, 6) is -0.119. The van der Waals surface area contributed by atoms with Gasteiger partial charge in [0.15, 0.2) is 0 Å². The molecule has 1 N–H and O–H groups in total. The molecule has 150 valence electrons. The number of nitrogens with zero attached hydrogens (tertiary/aromatic N) is 2. The largest absolute Gasteiger partial charge is 0.494 e. The molecule has 8 nitrogen and oxygen atoms in total. The number of hydrogen-bond acceptors (Lipinski definition) is 6. The van der Waals surface area contributed by atoms with Crippen LogP contribution < -0.4 is 10.1 Å². The third kappa shape index (κ3) is 4.18. The van der Waals surface area contributed by atoms with E-state index in [2.05, 4.69) is 10.5 Å². The fourth-order valence-corrected chi connectivity index (χ4v) is 3.32. The summed E-state index contributed by atoms with van der Waals surface area (Å²) >= 11 is 12.4. The summed E-state index contributed by atoms with van der Waals surface area (Å²) < 4.78 is 10.4. The van der Waals surface area contributed by atoms with Crippen molar-refractivity contribution in [3.05, 3.63) is 67.9 Å². The van der Waals surface area contributed by atoms with Gasteiger partial charge in [0, 0.05) is 5.56 Å². The Hall–Kier alpha value is -3.10. The zero-order valence-corrected chi connectivity index (χ0v) is 16.9. The number of anilines is 1. The molecule has 0 unspecified atom stereocenters. The Balaban J connectivity index is 2.02. The van der Waals surface area contributed by atoms with E-state index in [1.165, 1.54) is 18.2 Å². The van der Waals surface area contributed by atoms with Crippen LogP contribution in [0.4, 0.5) is 11.4 Å². The fourth-order valence-electron chi connectivity index (χ4n) is 2.74. The molecule has 0 bridgehead atoms. The van der Waals surface area contributed by atoms with Crippen LogP contribution in [0.2, 0.25) is 10.0 Å². The molecule has 0 fully saturated rings. The molecule has 2 aromatic carbocycles. The highest BCUT2D eigenvalue weighted by Gasteiger charge is 2.27. The second kappa shape index (κ2) is 8.50. The Kier molecular flexibility index (Phi) is 6.05. The van der Waals surface area contributed by atoms with Gasteiger partial charge in [0.2, 0.25) is 0 Å². The number of halogens is 2. The van der Waals surface area contributed by atoms with E-state index in [0.717, 1.165) is 0 Å². The minimum absolute atomic E-state index is 0.000239. The smallest absolute Gasteiger partial charge is 0.296 e. The molecule has 1 heterocycles. The van der Waals surface area contributed by atoms with E-state index in [1.807, 2.05) is 0 Å². The number of hydrogen-bond donors (Lipinski definition) is 1. The molecule has 0 aliphatic rings. The van der Waals surface area contributed by atoms with Crippen LogP contribution in [0.25, 0.3) is 11.3 Å². The molecule has 3 aromatic rings. The van der Waals surface area contributed by atoms with E-state index in [-0.39, 0.29) is 38.4 Å². The number of carbonyl (C=O) groups is 1. The topological polar surface area (TPSA) is 108 Å². The maximum Gasteiger partial charge on any atom is 0.296 e. The van der Waals surface area contributed by atoms with E-state index >= 15 is 0 Å². The molecule has 0 saturated carbocycles. The molecule has 0 aliphatic carbocycles. The lowest BCUT2D eigenvalue weighted by molar-refractivity contribution is -0.384. The van der Waals surface area contributed by atoms with Crippen molar-refractivity contribution in [3.8, 4) is 17.0 Å². The van der Waals surface area contributed by atoms with Crippen LogP contribution in [0.5, 0.6) is 5.75 Å². The highest BCUT2D eigenvalue weighted by atomic mass is 35.5. The molecular weight excluding hydrogens is 421 g/mol. The number of carbonyl (C=O) groups excluding carboxylic acids is 1. The zero-order valence-electron chi connectivity index (χ0n) is 15.4. The summed E-state index contributed by atoms with van der Waals surface area (Å²) in [5, 5.41) is 18.4. The Bertz CT molecular complexity index is 1080. The molecule has 0 radical (unpaired) electrons. The third-order valence-corrected chi connectivity index (χ3v) is 4.64. The monoisotopic (exact) mass is 435 g/mol. The summed E-state index contributed by atoms with van der Waals surface area (Å²) in [6.07, 6.45) is 0. The maximum absolute atomic E-state index is 12.9. The molecule has 0 spiro atoms. The average molecular weight is 436 g/mol. The van der Waals surface area contributed by atoms with Crippen molar-refractivity contribution in [1.29, 1.82) is 0 Å². The number of benzene rings is 2. The Morgan fingerprint density at radius 3 is 2.59 bits per heavy atom. The van der Waals surface area contributed by atoms with E-state index < -0.39 is 10.8 Å². The molecule has 3 rings (SSSR count). The van der Waals surface area contributed by atoms with Crippen LogP contribution in [-0.2, 0) is 0 Å². The second-order valence-electron chi connectivity index (χ2n) is 5.88. The van der Waals surface area contributed by atoms with Gasteiger partial charge in [-0.2, -0.15) is 0 Å². The Morgan fingerprint density at radius 2 is 1.97 bits per heavy atom. The van der Waals surface area contributed by atoms with Gasteiger partial charge in [0.05, 0.1) is 27.6 Å².